The molecule has 2 N–H and O–H groups in total. The van der Waals surface area contributed by atoms with Crippen molar-refractivity contribution in [2.24, 2.45) is 0 Å². The molecule has 112 valence electrons. The fraction of sp³-hybridized carbons (Fsp3) is 0.471. The highest BCUT2D eigenvalue weighted by molar-refractivity contribution is 5.80. The van der Waals surface area contributed by atoms with E-state index in [9.17, 15) is 4.79 Å². The molecule has 0 saturated heterocycles. The van der Waals surface area contributed by atoms with Gasteiger partial charge in [-0.1, -0.05) is 23.6 Å². The predicted octanol–water partition coefficient (Wildman–Crippen LogP) is 1.76. The van der Waals surface area contributed by atoms with E-state index in [1.165, 1.54) is 18.4 Å². The zero-order valence-electron chi connectivity index (χ0n) is 12.6. The molecule has 21 heavy (non-hydrogen) atoms. The van der Waals surface area contributed by atoms with Crippen LogP contribution in [0.4, 0.5) is 0 Å². The Labute approximate surface area is 126 Å². The summed E-state index contributed by atoms with van der Waals surface area (Å²) in [5, 5.41) is 6.10. The predicted molar refractivity (Wildman–Crippen MR) is 83.0 cm³/mol. The lowest BCUT2D eigenvalue weighted by atomic mass is 10.1. The first-order chi connectivity index (χ1) is 10.1. The van der Waals surface area contributed by atoms with Gasteiger partial charge in [-0.15, -0.1) is 6.42 Å². The smallest absolute Gasteiger partial charge is 0.261 e. The van der Waals surface area contributed by atoms with Crippen molar-refractivity contribution in [3.8, 4) is 18.1 Å². The minimum Gasteiger partial charge on any atom is -0.481 e. The summed E-state index contributed by atoms with van der Waals surface area (Å²) in [4.78, 5) is 11.8. The second-order valence-electron chi connectivity index (χ2n) is 5.45. The summed E-state index contributed by atoms with van der Waals surface area (Å²) in [5.41, 5.74) is 2.26. The summed E-state index contributed by atoms with van der Waals surface area (Å²) in [7, 11) is 0. The number of ether oxygens (including phenoxy) is 1. The van der Waals surface area contributed by atoms with Gasteiger partial charge in [-0.3, -0.25) is 4.79 Å². The minimum atomic E-state index is -0.569. The Morgan fingerprint density at radius 3 is 2.95 bits per heavy atom. The number of aryl methyl sites for hydroxylation is 1. The second kappa shape index (κ2) is 7.14. The summed E-state index contributed by atoms with van der Waals surface area (Å²) < 4.78 is 5.79. The maximum atomic E-state index is 11.8. The molecule has 1 fully saturated rings. The summed E-state index contributed by atoms with van der Waals surface area (Å²) in [6, 6.07) is 6.64. The molecule has 4 nitrogen and oxygen atoms in total. The number of amides is 1. The standard InChI is InChI=1S/C17H22N2O2/c1-4-9-18-17(20)13(3)21-16-8-5-12(2)10-14(16)11-19-15-6-7-15/h1,5,8,10,13,15,19H,6-7,9,11H2,2-3H3,(H,18,20). The van der Waals surface area contributed by atoms with Crippen LogP contribution >= 0.6 is 0 Å². The van der Waals surface area contributed by atoms with Crippen LogP contribution in [0.15, 0.2) is 18.2 Å². The highest BCUT2D eigenvalue weighted by Gasteiger charge is 2.21. The monoisotopic (exact) mass is 286 g/mol. The lowest BCUT2D eigenvalue weighted by molar-refractivity contribution is -0.127. The van der Waals surface area contributed by atoms with E-state index in [0.29, 0.717) is 6.04 Å². The van der Waals surface area contributed by atoms with Gasteiger partial charge in [-0.05, 0) is 32.8 Å². The van der Waals surface area contributed by atoms with Crippen molar-refractivity contribution in [2.75, 3.05) is 6.54 Å². The van der Waals surface area contributed by atoms with Crippen LogP contribution in [0.25, 0.3) is 0 Å². The number of terminal acetylenes is 1. The Morgan fingerprint density at radius 1 is 1.52 bits per heavy atom. The Kier molecular flexibility index (Phi) is 5.24. The number of nitrogens with one attached hydrogen (secondary N) is 2. The number of carbonyl (C=O) groups excluding carboxylic acids is 1. The summed E-state index contributed by atoms with van der Waals surface area (Å²) >= 11 is 0. The Bertz CT molecular complexity index is 544. The molecule has 1 aromatic rings. The third kappa shape index (κ3) is 4.80. The normalized spacial score (nSPS) is 15.1. The molecule has 1 aromatic carbocycles. The van der Waals surface area contributed by atoms with Crippen molar-refractivity contribution in [1.82, 2.24) is 10.6 Å². The Balaban J connectivity index is 2.00. The molecule has 0 heterocycles. The summed E-state index contributed by atoms with van der Waals surface area (Å²) in [5.74, 6) is 2.93. The molecule has 1 aliphatic carbocycles. The number of benzene rings is 1. The van der Waals surface area contributed by atoms with Gasteiger partial charge in [-0.25, -0.2) is 0 Å². The zero-order chi connectivity index (χ0) is 15.2. The second-order valence-corrected chi connectivity index (χ2v) is 5.45. The molecule has 0 aliphatic heterocycles. The first-order valence-corrected chi connectivity index (χ1v) is 7.31. The molecule has 2 rings (SSSR count). The first kappa shape index (κ1) is 15.4. The van der Waals surface area contributed by atoms with Gasteiger partial charge in [0.15, 0.2) is 6.10 Å². The van der Waals surface area contributed by atoms with E-state index in [1.54, 1.807) is 6.92 Å². The molecule has 1 amide bonds. The van der Waals surface area contributed by atoms with E-state index in [-0.39, 0.29) is 12.5 Å². The van der Waals surface area contributed by atoms with Crippen LogP contribution in [-0.2, 0) is 11.3 Å². The number of carbonyl (C=O) groups is 1. The van der Waals surface area contributed by atoms with Crippen molar-refractivity contribution >= 4 is 5.91 Å². The molecule has 1 aliphatic rings. The van der Waals surface area contributed by atoms with Crippen molar-refractivity contribution in [3.63, 3.8) is 0 Å². The van der Waals surface area contributed by atoms with Crippen molar-refractivity contribution < 1.29 is 9.53 Å². The van der Waals surface area contributed by atoms with Gasteiger partial charge in [0.25, 0.3) is 5.91 Å². The van der Waals surface area contributed by atoms with E-state index in [2.05, 4.69) is 22.6 Å². The van der Waals surface area contributed by atoms with Crippen LogP contribution in [0.3, 0.4) is 0 Å². The van der Waals surface area contributed by atoms with Gasteiger partial charge >= 0.3 is 0 Å². The highest BCUT2D eigenvalue weighted by Crippen LogP contribution is 2.24. The molecular weight excluding hydrogens is 264 g/mol. The SMILES string of the molecule is C#CCNC(=O)C(C)Oc1ccc(C)cc1CNC1CC1. The molecule has 4 heteroatoms. The van der Waals surface area contributed by atoms with E-state index in [1.807, 2.05) is 19.1 Å². The summed E-state index contributed by atoms with van der Waals surface area (Å²) in [6.45, 7) is 4.76. The molecule has 0 radical (unpaired) electrons. The molecule has 0 aromatic heterocycles. The van der Waals surface area contributed by atoms with Crippen molar-refractivity contribution in [2.45, 2.75) is 45.4 Å². The third-order valence-electron chi connectivity index (χ3n) is 3.41. The average molecular weight is 286 g/mol. The van der Waals surface area contributed by atoms with Crippen LogP contribution in [-0.4, -0.2) is 24.6 Å². The Morgan fingerprint density at radius 2 is 2.29 bits per heavy atom. The highest BCUT2D eigenvalue weighted by atomic mass is 16.5. The van der Waals surface area contributed by atoms with Gasteiger partial charge in [0.05, 0.1) is 6.54 Å². The van der Waals surface area contributed by atoms with Crippen molar-refractivity contribution in [1.29, 1.82) is 0 Å². The maximum absolute atomic E-state index is 11.8. The van der Waals surface area contributed by atoms with E-state index < -0.39 is 6.10 Å². The van der Waals surface area contributed by atoms with Crippen LogP contribution in [0, 0.1) is 19.3 Å². The number of hydrogen-bond acceptors (Lipinski definition) is 3. The molecule has 0 bridgehead atoms. The fourth-order valence-electron chi connectivity index (χ4n) is 2.03. The zero-order valence-corrected chi connectivity index (χ0v) is 12.6. The minimum absolute atomic E-state index is 0.199. The molecule has 1 saturated carbocycles. The Hall–Kier alpha value is -1.99. The van der Waals surface area contributed by atoms with Gasteiger partial charge < -0.3 is 15.4 Å². The van der Waals surface area contributed by atoms with Gasteiger partial charge in [0.2, 0.25) is 0 Å². The van der Waals surface area contributed by atoms with Gasteiger partial charge in [-0.2, -0.15) is 0 Å². The molecular formula is C17H22N2O2. The average Bonchev–Trinajstić information content (AvgIpc) is 3.29. The van der Waals surface area contributed by atoms with Gasteiger partial charge in [0.1, 0.15) is 5.75 Å². The summed E-state index contributed by atoms with van der Waals surface area (Å²) in [6.07, 6.45) is 7.05. The quantitative estimate of drug-likeness (QED) is 0.751. The molecule has 1 atom stereocenters. The molecule has 1 unspecified atom stereocenters. The lowest BCUT2D eigenvalue weighted by Gasteiger charge is -2.17. The van der Waals surface area contributed by atoms with E-state index in [4.69, 9.17) is 11.2 Å². The lowest BCUT2D eigenvalue weighted by Crippen LogP contribution is -2.36. The van der Waals surface area contributed by atoms with E-state index in [0.717, 1.165) is 17.9 Å². The maximum Gasteiger partial charge on any atom is 0.261 e. The van der Waals surface area contributed by atoms with Crippen molar-refractivity contribution in [3.05, 3.63) is 29.3 Å². The number of hydrogen-bond donors (Lipinski definition) is 2. The van der Waals surface area contributed by atoms with E-state index >= 15 is 0 Å². The largest absolute Gasteiger partial charge is 0.481 e. The molecule has 0 spiro atoms. The number of rotatable bonds is 7. The van der Waals surface area contributed by atoms with Crippen LogP contribution in [0.1, 0.15) is 30.9 Å². The fourth-order valence-corrected chi connectivity index (χ4v) is 2.03. The van der Waals surface area contributed by atoms with Crippen LogP contribution in [0.2, 0.25) is 0 Å². The van der Waals surface area contributed by atoms with Gasteiger partial charge in [0, 0.05) is 18.2 Å². The van der Waals surface area contributed by atoms with Crippen LogP contribution in [0.5, 0.6) is 5.75 Å². The van der Waals surface area contributed by atoms with Crippen LogP contribution < -0.4 is 15.4 Å². The topological polar surface area (TPSA) is 50.4 Å². The first-order valence-electron chi connectivity index (χ1n) is 7.31. The third-order valence-corrected chi connectivity index (χ3v) is 3.41.